The Hall–Kier alpha value is -2.41. The Labute approximate surface area is 154 Å². The summed E-state index contributed by atoms with van der Waals surface area (Å²) in [5.74, 6) is 0.659. The van der Waals surface area contributed by atoms with E-state index < -0.39 is 0 Å². The molecule has 3 aromatic rings. The molecule has 0 bridgehead atoms. The normalized spacial score (nSPS) is 13.8. The molecule has 3 heterocycles. The van der Waals surface area contributed by atoms with Crippen molar-refractivity contribution in [2.24, 2.45) is 0 Å². The van der Waals surface area contributed by atoms with Crippen molar-refractivity contribution < 1.29 is 4.79 Å². The molecule has 0 fully saturated rings. The molecule has 1 aromatic carbocycles. The molecule has 4 rings (SSSR count). The summed E-state index contributed by atoms with van der Waals surface area (Å²) >= 11 is 3.59. The maximum absolute atomic E-state index is 12.8. The van der Waals surface area contributed by atoms with Gasteiger partial charge in [-0.2, -0.15) is 0 Å². The highest BCUT2D eigenvalue weighted by Crippen LogP contribution is 2.32. The van der Waals surface area contributed by atoms with Gasteiger partial charge in [0.25, 0.3) is 5.91 Å². The topological polar surface area (TPSA) is 65.1 Å². The maximum Gasteiger partial charge on any atom is 0.274 e. The van der Waals surface area contributed by atoms with Gasteiger partial charge < -0.3 is 14.8 Å². The third-order valence-corrected chi connectivity index (χ3v) is 5.24. The van der Waals surface area contributed by atoms with Gasteiger partial charge in [-0.25, -0.2) is 0 Å². The highest BCUT2D eigenvalue weighted by molar-refractivity contribution is 9.10. The summed E-state index contributed by atoms with van der Waals surface area (Å²) in [5, 5.41) is 9.37. The Kier molecular flexibility index (Phi) is 3.95. The number of carbonyl (C=O) groups excluding carboxylic acids is 1. The van der Waals surface area contributed by atoms with Crippen molar-refractivity contribution in [2.45, 2.75) is 13.0 Å². The molecular formula is C18H18BrN5O. The number of carbonyl (C=O) groups is 1. The third-order valence-electron chi connectivity index (χ3n) is 4.57. The molecule has 0 saturated heterocycles. The fourth-order valence-electron chi connectivity index (χ4n) is 3.22. The minimum Gasteiger partial charge on any atom is -0.361 e. The molecular weight excluding hydrogens is 382 g/mol. The summed E-state index contributed by atoms with van der Waals surface area (Å²) in [6.07, 6.45) is 0.811. The minimum absolute atomic E-state index is 0.0761. The van der Waals surface area contributed by atoms with E-state index in [2.05, 4.69) is 37.2 Å². The van der Waals surface area contributed by atoms with Crippen molar-refractivity contribution in [3.63, 3.8) is 0 Å². The van der Waals surface area contributed by atoms with Crippen molar-refractivity contribution in [3.05, 3.63) is 51.8 Å². The number of para-hydroxylation sites is 1. The van der Waals surface area contributed by atoms with Crippen LogP contribution >= 0.6 is 15.9 Å². The number of hydrogen-bond acceptors (Lipinski definition) is 4. The summed E-state index contributed by atoms with van der Waals surface area (Å²) in [6, 6.07) is 9.70. The zero-order chi connectivity index (χ0) is 17.6. The predicted octanol–water partition coefficient (Wildman–Crippen LogP) is 2.98. The first kappa shape index (κ1) is 16.1. The van der Waals surface area contributed by atoms with E-state index in [1.807, 2.05) is 42.1 Å². The van der Waals surface area contributed by atoms with Crippen molar-refractivity contribution in [1.29, 1.82) is 0 Å². The second-order valence-corrected chi connectivity index (χ2v) is 7.25. The molecule has 0 saturated carbocycles. The zero-order valence-corrected chi connectivity index (χ0v) is 15.7. The van der Waals surface area contributed by atoms with Crippen LogP contribution in [0.1, 0.15) is 21.7 Å². The van der Waals surface area contributed by atoms with E-state index in [1.165, 1.54) is 11.3 Å². The molecule has 128 valence electrons. The standard InChI is InChI=1S/C18H18BrN5O/c1-23(2)16-7-6-15(21-22-16)18(25)24-9-8-14-12(10-24)11-4-3-5-13(19)17(11)20-14/h3-7,20H,8-10H2,1-2H3. The molecule has 25 heavy (non-hydrogen) atoms. The summed E-state index contributed by atoms with van der Waals surface area (Å²) in [6.45, 7) is 1.26. The van der Waals surface area contributed by atoms with E-state index in [4.69, 9.17) is 0 Å². The average Bonchev–Trinajstić information content (AvgIpc) is 3.00. The van der Waals surface area contributed by atoms with Gasteiger partial charge in [-0.05, 0) is 34.1 Å². The third kappa shape index (κ3) is 2.78. The second-order valence-electron chi connectivity index (χ2n) is 6.39. The van der Waals surface area contributed by atoms with E-state index >= 15 is 0 Å². The number of nitrogens with zero attached hydrogens (tertiary/aromatic N) is 4. The molecule has 0 unspecified atom stereocenters. The van der Waals surface area contributed by atoms with Gasteiger partial charge in [0, 0.05) is 54.7 Å². The lowest BCUT2D eigenvalue weighted by atomic mass is 10.0. The van der Waals surface area contributed by atoms with Crippen LogP contribution in [0.5, 0.6) is 0 Å². The largest absolute Gasteiger partial charge is 0.361 e. The predicted molar refractivity (Wildman–Crippen MR) is 101 cm³/mol. The molecule has 2 aromatic heterocycles. The van der Waals surface area contributed by atoms with Gasteiger partial charge in [0.2, 0.25) is 0 Å². The van der Waals surface area contributed by atoms with Crippen LogP contribution in [0.3, 0.4) is 0 Å². The van der Waals surface area contributed by atoms with Gasteiger partial charge >= 0.3 is 0 Å². The molecule has 0 aliphatic carbocycles. The van der Waals surface area contributed by atoms with Crippen molar-refractivity contribution >= 4 is 38.6 Å². The smallest absolute Gasteiger partial charge is 0.274 e. The fourth-order valence-corrected chi connectivity index (χ4v) is 3.68. The lowest BCUT2D eigenvalue weighted by Gasteiger charge is -2.27. The van der Waals surface area contributed by atoms with E-state index in [0.29, 0.717) is 18.8 Å². The number of anilines is 1. The van der Waals surface area contributed by atoms with Gasteiger partial charge in [-0.3, -0.25) is 4.79 Å². The molecule has 0 atom stereocenters. The van der Waals surface area contributed by atoms with Gasteiger partial charge in [0.1, 0.15) is 0 Å². The lowest BCUT2D eigenvalue weighted by molar-refractivity contribution is 0.0728. The number of H-pyrrole nitrogens is 1. The van der Waals surface area contributed by atoms with Crippen molar-refractivity contribution in [3.8, 4) is 0 Å². The first-order chi connectivity index (χ1) is 12.0. The highest BCUT2D eigenvalue weighted by atomic mass is 79.9. The van der Waals surface area contributed by atoms with E-state index in [9.17, 15) is 4.79 Å². The van der Waals surface area contributed by atoms with Crippen LogP contribution in [0.25, 0.3) is 10.9 Å². The molecule has 1 amide bonds. The summed E-state index contributed by atoms with van der Waals surface area (Å²) < 4.78 is 1.04. The zero-order valence-electron chi connectivity index (χ0n) is 14.1. The van der Waals surface area contributed by atoms with Crippen LogP contribution in [-0.2, 0) is 13.0 Å². The van der Waals surface area contributed by atoms with E-state index in [1.54, 1.807) is 6.07 Å². The lowest BCUT2D eigenvalue weighted by Crippen LogP contribution is -2.36. The average molecular weight is 400 g/mol. The molecule has 1 aliphatic heterocycles. The quantitative estimate of drug-likeness (QED) is 0.719. The fraction of sp³-hybridized carbons (Fsp3) is 0.278. The Morgan fingerprint density at radius 1 is 1.24 bits per heavy atom. The Morgan fingerprint density at radius 2 is 2.08 bits per heavy atom. The van der Waals surface area contributed by atoms with Crippen LogP contribution in [0.15, 0.2) is 34.8 Å². The highest BCUT2D eigenvalue weighted by Gasteiger charge is 2.26. The number of aromatic nitrogens is 3. The number of rotatable bonds is 2. The van der Waals surface area contributed by atoms with E-state index in [0.717, 1.165) is 27.6 Å². The minimum atomic E-state index is -0.0761. The van der Waals surface area contributed by atoms with Crippen LogP contribution in [-0.4, -0.2) is 46.6 Å². The Balaban J connectivity index is 1.62. The summed E-state index contributed by atoms with van der Waals surface area (Å²) in [7, 11) is 3.79. The van der Waals surface area contributed by atoms with Crippen LogP contribution in [0.4, 0.5) is 5.82 Å². The molecule has 1 N–H and O–H groups in total. The van der Waals surface area contributed by atoms with Gasteiger partial charge in [-0.15, -0.1) is 10.2 Å². The van der Waals surface area contributed by atoms with Gasteiger partial charge in [0.15, 0.2) is 11.5 Å². The van der Waals surface area contributed by atoms with Crippen LogP contribution in [0.2, 0.25) is 0 Å². The van der Waals surface area contributed by atoms with Gasteiger partial charge in [0.05, 0.1) is 5.52 Å². The first-order valence-electron chi connectivity index (χ1n) is 8.13. The van der Waals surface area contributed by atoms with Crippen LogP contribution < -0.4 is 4.90 Å². The summed E-state index contributed by atoms with van der Waals surface area (Å²) in [4.78, 5) is 20.0. The molecule has 7 heteroatoms. The Bertz CT molecular complexity index is 948. The number of fused-ring (bicyclic) bond motifs is 3. The number of benzene rings is 1. The van der Waals surface area contributed by atoms with Crippen LogP contribution in [0, 0.1) is 0 Å². The molecule has 0 spiro atoms. The number of nitrogens with one attached hydrogen (secondary N) is 1. The number of amides is 1. The molecule has 1 aliphatic rings. The second kappa shape index (κ2) is 6.15. The maximum atomic E-state index is 12.8. The van der Waals surface area contributed by atoms with Crippen molar-refractivity contribution in [2.75, 3.05) is 25.5 Å². The first-order valence-corrected chi connectivity index (χ1v) is 8.92. The molecule has 6 nitrogen and oxygen atoms in total. The van der Waals surface area contributed by atoms with Crippen molar-refractivity contribution in [1.82, 2.24) is 20.1 Å². The monoisotopic (exact) mass is 399 g/mol. The molecule has 0 radical (unpaired) electrons. The number of aromatic amines is 1. The SMILES string of the molecule is CN(C)c1ccc(C(=O)N2CCc3[nH]c4c(Br)cccc4c3C2)nn1. The summed E-state index contributed by atoms with van der Waals surface area (Å²) in [5.41, 5.74) is 3.88. The number of hydrogen-bond donors (Lipinski definition) is 1. The number of halogens is 1. The van der Waals surface area contributed by atoms with E-state index in [-0.39, 0.29) is 5.91 Å². The van der Waals surface area contributed by atoms with Gasteiger partial charge in [-0.1, -0.05) is 12.1 Å². The Morgan fingerprint density at radius 3 is 2.80 bits per heavy atom.